The predicted octanol–water partition coefficient (Wildman–Crippen LogP) is 2.56. The Morgan fingerprint density at radius 3 is 2.41 bits per heavy atom. The van der Waals surface area contributed by atoms with Gasteiger partial charge >= 0.3 is 6.09 Å². The first-order valence-corrected chi connectivity index (χ1v) is 6.58. The number of nitrogens with two attached hydrogens (primary N) is 1. The summed E-state index contributed by atoms with van der Waals surface area (Å²) in [5, 5.41) is 3.07. The van der Waals surface area contributed by atoms with Gasteiger partial charge in [0.15, 0.2) is 0 Å². The third-order valence-electron chi connectivity index (χ3n) is 3.19. The van der Waals surface area contributed by atoms with Crippen LogP contribution in [0, 0.1) is 0 Å². The third kappa shape index (κ3) is 4.94. The van der Waals surface area contributed by atoms with Gasteiger partial charge in [-0.2, -0.15) is 0 Å². The molecule has 0 atom stereocenters. The fraction of sp³-hybridized carbons (Fsp3) is 0.923. The molecule has 1 fully saturated rings. The van der Waals surface area contributed by atoms with E-state index in [0.29, 0.717) is 6.54 Å². The number of carbonyl (C=O) groups is 1. The Morgan fingerprint density at radius 2 is 1.94 bits per heavy atom. The number of hydrogen-bond acceptors (Lipinski definition) is 3. The van der Waals surface area contributed by atoms with Gasteiger partial charge in [-0.05, 0) is 53.0 Å². The molecular weight excluding hydrogens is 216 g/mol. The molecule has 0 saturated heterocycles. The van der Waals surface area contributed by atoms with Crippen LogP contribution in [0.25, 0.3) is 0 Å². The highest BCUT2D eigenvalue weighted by molar-refractivity contribution is 5.68. The number of alkyl carbamates (subject to hydrolysis) is 1. The molecule has 0 unspecified atom stereocenters. The van der Waals surface area contributed by atoms with Crippen molar-refractivity contribution >= 4 is 6.09 Å². The van der Waals surface area contributed by atoms with Crippen molar-refractivity contribution in [2.24, 2.45) is 5.73 Å². The van der Waals surface area contributed by atoms with Crippen molar-refractivity contribution in [2.45, 2.75) is 70.4 Å². The molecule has 0 aromatic carbocycles. The number of ether oxygens (including phenoxy) is 1. The van der Waals surface area contributed by atoms with Crippen molar-refractivity contribution in [3.63, 3.8) is 0 Å². The molecule has 100 valence electrons. The topological polar surface area (TPSA) is 64.3 Å². The standard InChI is InChI=1S/C13H26N2O2/c1-12(2,3)17-11(16)15-13(9-6-10-14)7-4-5-8-13/h4-10,14H2,1-3H3,(H,15,16). The highest BCUT2D eigenvalue weighted by atomic mass is 16.6. The van der Waals surface area contributed by atoms with Gasteiger partial charge < -0.3 is 15.8 Å². The lowest BCUT2D eigenvalue weighted by molar-refractivity contribution is 0.0449. The summed E-state index contributed by atoms with van der Waals surface area (Å²) in [6, 6.07) is 0. The zero-order valence-corrected chi connectivity index (χ0v) is 11.3. The van der Waals surface area contributed by atoms with Crippen LogP contribution in [0.1, 0.15) is 59.3 Å². The maximum Gasteiger partial charge on any atom is 0.408 e. The number of nitrogens with one attached hydrogen (secondary N) is 1. The van der Waals surface area contributed by atoms with Crippen LogP contribution in [0.3, 0.4) is 0 Å². The molecule has 1 aliphatic rings. The second-order valence-electron chi connectivity index (χ2n) is 6.01. The predicted molar refractivity (Wildman–Crippen MR) is 68.9 cm³/mol. The highest BCUT2D eigenvalue weighted by Gasteiger charge is 2.35. The molecule has 1 saturated carbocycles. The Kier molecular flexibility index (Phi) is 4.80. The number of rotatable bonds is 4. The van der Waals surface area contributed by atoms with Crippen LogP contribution in [-0.2, 0) is 4.74 Å². The van der Waals surface area contributed by atoms with Crippen molar-refractivity contribution < 1.29 is 9.53 Å². The molecule has 1 amide bonds. The van der Waals surface area contributed by atoms with E-state index < -0.39 is 5.60 Å². The molecule has 3 N–H and O–H groups in total. The summed E-state index contributed by atoms with van der Waals surface area (Å²) in [7, 11) is 0. The molecule has 1 aliphatic carbocycles. The molecule has 4 heteroatoms. The summed E-state index contributed by atoms with van der Waals surface area (Å²) in [6.45, 7) is 6.33. The van der Waals surface area contributed by atoms with E-state index in [0.717, 1.165) is 25.7 Å². The zero-order valence-electron chi connectivity index (χ0n) is 11.3. The van der Waals surface area contributed by atoms with Crippen molar-refractivity contribution in [1.82, 2.24) is 5.32 Å². The lowest BCUT2D eigenvalue weighted by Gasteiger charge is -2.31. The van der Waals surface area contributed by atoms with Crippen LogP contribution in [0.2, 0.25) is 0 Å². The zero-order chi connectivity index (χ0) is 12.9. The number of hydrogen-bond donors (Lipinski definition) is 2. The van der Waals surface area contributed by atoms with E-state index in [4.69, 9.17) is 10.5 Å². The number of amides is 1. The molecule has 0 spiro atoms. The summed E-state index contributed by atoms with van der Waals surface area (Å²) >= 11 is 0. The first-order valence-electron chi connectivity index (χ1n) is 6.58. The van der Waals surface area contributed by atoms with Crippen LogP contribution in [0.5, 0.6) is 0 Å². The van der Waals surface area contributed by atoms with E-state index in [1.54, 1.807) is 0 Å². The highest BCUT2D eigenvalue weighted by Crippen LogP contribution is 2.33. The van der Waals surface area contributed by atoms with Crippen LogP contribution in [0.15, 0.2) is 0 Å². The van der Waals surface area contributed by atoms with E-state index in [-0.39, 0.29) is 11.6 Å². The van der Waals surface area contributed by atoms with Crippen molar-refractivity contribution in [1.29, 1.82) is 0 Å². The van der Waals surface area contributed by atoms with E-state index in [2.05, 4.69) is 5.32 Å². The second-order valence-corrected chi connectivity index (χ2v) is 6.01. The first-order chi connectivity index (χ1) is 7.87. The number of carbonyl (C=O) groups excluding carboxylic acids is 1. The molecule has 0 bridgehead atoms. The molecule has 0 aromatic heterocycles. The summed E-state index contributed by atoms with van der Waals surface area (Å²) in [6.07, 6.45) is 6.08. The maximum absolute atomic E-state index is 11.8. The van der Waals surface area contributed by atoms with Gasteiger partial charge in [0.05, 0.1) is 0 Å². The van der Waals surface area contributed by atoms with Gasteiger partial charge in [-0.1, -0.05) is 12.8 Å². The SMILES string of the molecule is CC(C)(C)OC(=O)NC1(CCCN)CCCC1. The minimum Gasteiger partial charge on any atom is -0.444 e. The van der Waals surface area contributed by atoms with Gasteiger partial charge in [0, 0.05) is 5.54 Å². The van der Waals surface area contributed by atoms with Crippen LogP contribution in [-0.4, -0.2) is 23.8 Å². The van der Waals surface area contributed by atoms with Gasteiger partial charge in [0.25, 0.3) is 0 Å². The van der Waals surface area contributed by atoms with E-state index >= 15 is 0 Å². The van der Waals surface area contributed by atoms with Gasteiger partial charge in [-0.15, -0.1) is 0 Å². The fourth-order valence-corrected chi connectivity index (χ4v) is 2.45. The second kappa shape index (κ2) is 5.71. The average molecular weight is 242 g/mol. The summed E-state index contributed by atoms with van der Waals surface area (Å²) in [5.41, 5.74) is 5.05. The van der Waals surface area contributed by atoms with Crippen molar-refractivity contribution in [2.75, 3.05) is 6.54 Å². The van der Waals surface area contributed by atoms with Crippen LogP contribution < -0.4 is 11.1 Å². The average Bonchev–Trinajstić information content (AvgIpc) is 2.60. The Hall–Kier alpha value is -0.770. The van der Waals surface area contributed by atoms with E-state index in [1.807, 2.05) is 20.8 Å². The quantitative estimate of drug-likeness (QED) is 0.796. The summed E-state index contributed by atoms with van der Waals surface area (Å²) in [5.74, 6) is 0. The third-order valence-corrected chi connectivity index (χ3v) is 3.19. The summed E-state index contributed by atoms with van der Waals surface area (Å²) in [4.78, 5) is 11.8. The monoisotopic (exact) mass is 242 g/mol. The molecule has 0 heterocycles. The fourth-order valence-electron chi connectivity index (χ4n) is 2.45. The molecule has 4 nitrogen and oxygen atoms in total. The molecule has 0 radical (unpaired) electrons. The van der Waals surface area contributed by atoms with Gasteiger partial charge in [0.2, 0.25) is 0 Å². The molecule has 17 heavy (non-hydrogen) atoms. The minimum atomic E-state index is -0.433. The minimum absolute atomic E-state index is 0.0678. The largest absolute Gasteiger partial charge is 0.444 e. The Balaban J connectivity index is 2.52. The van der Waals surface area contributed by atoms with Gasteiger partial charge in [-0.25, -0.2) is 4.79 Å². The Bertz CT molecular complexity index is 253. The lowest BCUT2D eigenvalue weighted by Crippen LogP contribution is -2.48. The molecule has 0 aliphatic heterocycles. The Labute approximate surface area is 104 Å². The Morgan fingerprint density at radius 1 is 1.35 bits per heavy atom. The van der Waals surface area contributed by atoms with Crippen molar-refractivity contribution in [3.8, 4) is 0 Å². The summed E-state index contributed by atoms with van der Waals surface area (Å²) < 4.78 is 5.32. The lowest BCUT2D eigenvalue weighted by atomic mass is 9.92. The molecule has 1 rings (SSSR count). The smallest absolute Gasteiger partial charge is 0.408 e. The first kappa shape index (κ1) is 14.3. The normalized spacial score (nSPS) is 19.1. The molecular formula is C13H26N2O2. The molecule has 0 aromatic rings. The van der Waals surface area contributed by atoms with Gasteiger partial charge in [0.1, 0.15) is 5.60 Å². The van der Waals surface area contributed by atoms with E-state index in [9.17, 15) is 4.79 Å². The van der Waals surface area contributed by atoms with Crippen LogP contribution in [0.4, 0.5) is 4.79 Å². The van der Waals surface area contributed by atoms with Gasteiger partial charge in [-0.3, -0.25) is 0 Å². The van der Waals surface area contributed by atoms with Crippen LogP contribution >= 0.6 is 0 Å². The van der Waals surface area contributed by atoms with Crippen molar-refractivity contribution in [3.05, 3.63) is 0 Å². The van der Waals surface area contributed by atoms with E-state index in [1.165, 1.54) is 12.8 Å². The maximum atomic E-state index is 11.8.